The van der Waals surface area contributed by atoms with Crippen LogP contribution in [0.2, 0.25) is 0 Å². The van der Waals surface area contributed by atoms with Crippen molar-refractivity contribution in [2.45, 2.75) is 38.0 Å². The van der Waals surface area contributed by atoms with E-state index < -0.39 is 0 Å². The lowest BCUT2D eigenvalue weighted by Gasteiger charge is -2.29. The summed E-state index contributed by atoms with van der Waals surface area (Å²) >= 11 is 0. The summed E-state index contributed by atoms with van der Waals surface area (Å²) < 4.78 is 8.02. The fraction of sp³-hybridized carbons (Fsp3) is 0.438. The minimum Gasteiger partial charge on any atom is -0.376 e. The van der Waals surface area contributed by atoms with E-state index in [4.69, 9.17) is 9.72 Å². The first-order valence-electron chi connectivity index (χ1n) is 7.41. The molecule has 0 aliphatic carbocycles. The van der Waals surface area contributed by atoms with Gasteiger partial charge < -0.3 is 14.6 Å². The van der Waals surface area contributed by atoms with Crippen LogP contribution in [0.15, 0.2) is 36.5 Å². The molecule has 2 aliphatic heterocycles. The molecule has 2 atom stereocenters. The summed E-state index contributed by atoms with van der Waals surface area (Å²) in [5.74, 6) is 0.982. The maximum Gasteiger partial charge on any atom is 0.203 e. The van der Waals surface area contributed by atoms with Gasteiger partial charge >= 0.3 is 0 Å². The number of fused-ring (bicyclic) bond motifs is 1. The van der Waals surface area contributed by atoms with Crippen LogP contribution < -0.4 is 5.32 Å². The van der Waals surface area contributed by atoms with Crippen molar-refractivity contribution >= 4 is 5.95 Å². The standard InChI is InChI=1S/C16H19N3O/c1-2-5-12(6-3-1)14-11-19-9-8-13(17-16(19)18-14)15-7-4-10-20-15/h1-3,5-6,11,13,15H,4,7-10H2,(H,17,18). The first kappa shape index (κ1) is 12.0. The van der Waals surface area contributed by atoms with Crippen molar-refractivity contribution in [3.63, 3.8) is 0 Å². The normalized spacial score (nSPS) is 25.2. The lowest BCUT2D eigenvalue weighted by atomic mass is 10.0. The second-order valence-electron chi connectivity index (χ2n) is 5.60. The molecule has 4 heteroatoms. The fourth-order valence-electron chi connectivity index (χ4n) is 3.16. The molecule has 4 nitrogen and oxygen atoms in total. The quantitative estimate of drug-likeness (QED) is 0.911. The predicted molar refractivity (Wildman–Crippen MR) is 78.7 cm³/mol. The van der Waals surface area contributed by atoms with E-state index in [-0.39, 0.29) is 0 Å². The summed E-state index contributed by atoms with van der Waals surface area (Å²) in [5.41, 5.74) is 2.21. The average Bonchev–Trinajstić information content (AvgIpc) is 3.16. The van der Waals surface area contributed by atoms with Crippen LogP contribution in [0.25, 0.3) is 11.3 Å². The summed E-state index contributed by atoms with van der Waals surface area (Å²) in [5, 5.41) is 3.56. The van der Waals surface area contributed by atoms with E-state index in [1.54, 1.807) is 0 Å². The van der Waals surface area contributed by atoms with Crippen molar-refractivity contribution < 1.29 is 4.74 Å². The molecule has 104 valence electrons. The van der Waals surface area contributed by atoms with Gasteiger partial charge in [0.15, 0.2) is 0 Å². The maximum atomic E-state index is 5.80. The van der Waals surface area contributed by atoms with E-state index in [1.165, 1.54) is 18.4 Å². The number of anilines is 1. The van der Waals surface area contributed by atoms with Gasteiger partial charge in [-0.1, -0.05) is 30.3 Å². The van der Waals surface area contributed by atoms with E-state index in [0.29, 0.717) is 12.1 Å². The highest BCUT2D eigenvalue weighted by molar-refractivity contribution is 5.60. The minimum atomic E-state index is 0.362. The Morgan fingerprint density at radius 2 is 2.10 bits per heavy atom. The Kier molecular flexibility index (Phi) is 2.96. The Morgan fingerprint density at radius 1 is 1.20 bits per heavy atom. The van der Waals surface area contributed by atoms with Crippen LogP contribution in [-0.2, 0) is 11.3 Å². The SMILES string of the molecule is c1ccc(-c2cn3c(n2)NC(C2CCCO2)CC3)cc1. The van der Waals surface area contributed by atoms with Crippen molar-refractivity contribution in [1.29, 1.82) is 0 Å². The number of hydrogen-bond donors (Lipinski definition) is 1. The molecule has 20 heavy (non-hydrogen) atoms. The van der Waals surface area contributed by atoms with Gasteiger partial charge in [-0.25, -0.2) is 4.98 Å². The van der Waals surface area contributed by atoms with Gasteiger partial charge in [0.2, 0.25) is 5.95 Å². The zero-order chi connectivity index (χ0) is 13.4. The first-order chi connectivity index (χ1) is 9.90. The summed E-state index contributed by atoms with van der Waals surface area (Å²) in [6.07, 6.45) is 5.97. The van der Waals surface area contributed by atoms with Gasteiger partial charge in [0, 0.05) is 24.9 Å². The molecule has 2 unspecified atom stereocenters. The third-order valence-corrected chi connectivity index (χ3v) is 4.26. The molecule has 2 aliphatic rings. The topological polar surface area (TPSA) is 39.1 Å². The number of aromatic nitrogens is 2. The number of benzene rings is 1. The van der Waals surface area contributed by atoms with Gasteiger partial charge in [-0.2, -0.15) is 0 Å². The lowest BCUT2D eigenvalue weighted by Crippen LogP contribution is -2.38. The number of rotatable bonds is 2. The molecule has 2 aromatic rings. The molecule has 1 aromatic carbocycles. The molecule has 0 saturated carbocycles. The highest BCUT2D eigenvalue weighted by atomic mass is 16.5. The molecule has 0 spiro atoms. The molecular weight excluding hydrogens is 250 g/mol. The molecule has 0 radical (unpaired) electrons. The number of aryl methyl sites for hydroxylation is 1. The highest BCUT2D eigenvalue weighted by Crippen LogP contribution is 2.28. The smallest absolute Gasteiger partial charge is 0.203 e. The molecule has 3 heterocycles. The fourth-order valence-corrected chi connectivity index (χ4v) is 3.16. The van der Waals surface area contributed by atoms with Crippen molar-refractivity contribution in [1.82, 2.24) is 9.55 Å². The van der Waals surface area contributed by atoms with Gasteiger partial charge in [0.25, 0.3) is 0 Å². The summed E-state index contributed by atoms with van der Waals surface area (Å²) in [7, 11) is 0. The largest absolute Gasteiger partial charge is 0.376 e. The average molecular weight is 269 g/mol. The number of ether oxygens (including phenoxy) is 1. The minimum absolute atomic E-state index is 0.362. The molecule has 1 fully saturated rings. The van der Waals surface area contributed by atoms with E-state index in [9.17, 15) is 0 Å². The van der Waals surface area contributed by atoms with Gasteiger partial charge in [0.05, 0.1) is 17.8 Å². The van der Waals surface area contributed by atoms with E-state index in [2.05, 4.69) is 40.3 Å². The van der Waals surface area contributed by atoms with Crippen LogP contribution in [0.4, 0.5) is 5.95 Å². The van der Waals surface area contributed by atoms with Crippen LogP contribution in [-0.4, -0.2) is 28.3 Å². The summed E-state index contributed by atoms with van der Waals surface area (Å²) in [6, 6.07) is 10.8. The highest BCUT2D eigenvalue weighted by Gasteiger charge is 2.29. The monoisotopic (exact) mass is 269 g/mol. The first-order valence-corrected chi connectivity index (χ1v) is 7.41. The van der Waals surface area contributed by atoms with Gasteiger partial charge in [-0.15, -0.1) is 0 Å². The summed E-state index contributed by atoms with van der Waals surface area (Å²) in [4.78, 5) is 4.74. The molecule has 0 bridgehead atoms. The summed E-state index contributed by atoms with van der Waals surface area (Å²) in [6.45, 7) is 1.93. The van der Waals surface area contributed by atoms with Crippen LogP contribution in [0.5, 0.6) is 0 Å². The van der Waals surface area contributed by atoms with Crippen molar-refractivity contribution in [2.24, 2.45) is 0 Å². The molecular formula is C16H19N3O. The number of nitrogens with one attached hydrogen (secondary N) is 1. The van der Waals surface area contributed by atoms with Crippen molar-refractivity contribution in [3.05, 3.63) is 36.5 Å². The zero-order valence-electron chi connectivity index (χ0n) is 11.5. The molecule has 1 aromatic heterocycles. The third kappa shape index (κ3) is 2.10. The molecule has 1 N–H and O–H groups in total. The Labute approximate surface area is 118 Å². The number of hydrogen-bond acceptors (Lipinski definition) is 3. The molecule has 4 rings (SSSR count). The van der Waals surface area contributed by atoms with Crippen LogP contribution in [0, 0.1) is 0 Å². The maximum absolute atomic E-state index is 5.80. The Hall–Kier alpha value is -1.81. The second-order valence-corrected chi connectivity index (χ2v) is 5.60. The predicted octanol–water partition coefficient (Wildman–Crippen LogP) is 2.91. The zero-order valence-corrected chi connectivity index (χ0v) is 11.5. The van der Waals surface area contributed by atoms with Crippen molar-refractivity contribution in [2.75, 3.05) is 11.9 Å². The van der Waals surface area contributed by atoms with Crippen molar-refractivity contribution in [3.8, 4) is 11.3 Å². The lowest BCUT2D eigenvalue weighted by molar-refractivity contribution is 0.0896. The van der Waals surface area contributed by atoms with Gasteiger partial charge in [-0.05, 0) is 19.3 Å². The Bertz CT molecular complexity index is 587. The Balaban J connectivity index is 1.58. The number of imidazole rings is 1. The number of nitrogens with zero attached hydrogens (tertiary/aromatic N) is 2. The van der Waals surface area contributed by atoms with E-state index in [1.807, 2.05) is 6.07 Å². The van der Waals surface area contributed by atoms with Crippen LogP contribution >= 0.6 is 0 Å². The molecule has 0 amide bonds. The van der Waals surface area contributed by atoms with Crippen LogP contribution in [0.3, 0.4) is 0 Å². The second kappa shape index (κ2) is 4.94. The van der Waals surface area contributed by atoms with Gasteiger partial charge in [-0.3, -0.25) is 0 Å². The third-order valence-electron chi connectivity index (χ3n) is 4.26. The van der Waals surface area contributed by atoms with E-state index >= 15 is 0 Å². The molecule has 1 saturated heterocycles. The van der Waals surface area contributed by atoms with Crippen LogP contribution in [0.1, 0.15) is 19.3 Å². The Morgan fingerprint density at radius 3 is 2.90 bits per heavy atom. The van der Waals surface area contributed by atoms with Gasteiger partial charge in [0.1, 0.15) is 0 Å². The van der Waals surface area contributed by atoms with E-state index in [0.717, 1.165) is 31.2 Å².